The minimum Gasteiger partial charge on any atom is -0.305 e. The van der Waals surface area contributed by atoms with Crippen LogP contribution in [0, 0.1) is 0 Å². The molecule has 3 heteroatoms. The molecule has 0 aliphatic carbocycles. The Morgan fingerprint density at radius 2 is 1.73 bits per heavy atom. The van der Waals surface area contributed by atoms with Crippen LogP contribution in [0.4, 0.5) is 0 Å². The van der Waals surface area contributed by atoms with Gasteiger partial charge in [-0.1, -0.05) is 13.8 Å². The van der Waals surface area contributed by atoms with Crippen LogP contribution in [0.25, 0.3) is 0 Å². The quantitative estimate of drug-likeness (QED) is 0.674. The van der Waals surface area contributed by atoms with Crippen molar-refractivity contribution in [2.45, 2.75) is 20.3 Å². The van der Waals surface area contributed by atoms with E-state index in [1.165, 1.54) is 58.8 Å². The van der Waals surface area contributed by atoms with Crippen LogP contribution in [0.2, 0.25) is 0 Å². The van der Waals surface area contributed by atoms with Gasteiger partial charge in [0.2, 0.25) is 0 Å². The smallest absolute Gasteiger partial charge is 0.0110 e. The number of hydrogen-bond donors (Lipinski definition) is 0. The van der Waals surface area contributed by atoms with E-state index in [0.717, 1.165) is 0 Å². The predicted molar refractivity (Wildman–Crippen MR) is 66.3 cm³/mol. The van der Waals surface area contributed by atoms with E-state index < -0.39 is 0 Å². The molecule has 1 rings (SSSR count). The van der Waals surface area contributed by atoms with E-state index >= 15 is 0 Å². The monoisotopic (exact) mass is 213 g/mol. The van der Waals surface area contributed by atoms with Gasteiger partial charge in [0.05, 0.1) is 0 Å². The van der Waals surface area contributed by atoms with Crippen molar-refractivity contribution in [1.82, 2.24) is 14.7 Å². The average Bonchev–Trinajstić information content (AvgIpc) is 2.45. The van der Waals surface area contributed by atoms with Gasteiger partial charge in [-0.15, -0.1) is 0 Å². The van der Waals surface area contributed by atoms with Crippen LogP contribution in [-0.2, 0) is 0 Å². The summed E-state index contributed by atoms with van der Waals surface area (Å²) >= 11 is 0. The first kappa shape index (κ1) is 12.9. The fourth-order valence-corrected chi connectivity index (χ4v) is 2.15. The first-order valence-corrected chi connectivity index (χ1v) is 6.39. The van der Waals surface area contributed by atoms with Crippen molar-refractivity contribution in [1.29, 1.82) is 0 Å². The molecule has 0 bridgehead atoms. The molecule has 0 unspecified atom stereocenters. The highest BCUT2D eigenvalue weighted by atomic mass is 15.2. The Bertz CT molecular complexity index is 157. The van der Waals surface area contributed by atoms with Gasteiger partial charge in [-0.3, -0.25) is 0 Å². The first-order chi connectivity index (χ1) is 7.26. The summed E-state index contributed by atoms with van der Waals surface area (Å²) < 4.78 is 0. The van der Waals surface area contributed by atoms with E-state index in [2.05, 4.69) is 35.6 Å². The average molecular weight is 213 g/mol. The van der Waals surface area contributed by atoms with Gasteiger partial charge in [-0.2, -0.15) is 0 Å². The Morgan fingerprint density at radius 3 is 2.40 bits per heavy atom. The molecule has 1 fully saturated rings. The molecule has 90 valence electrons. The molecule has 3 nitrogen and oxygen atoms in total. The number of rotatable bonds is 5. The fraction of sp³-hybridized carbons (Fsp3) is 1.00. The summed E-state index contributed by atoms with van der Waals surface area (Å²) in [5.74, 6) is 0. The zero-order valence-corrected chi connectivity index (χ0v) is 10.7. The Morgan fingerprint density at radius 1 is 1.00 bits per heavy atom. The maximum Gasteiger partial charge on any atom is 0.0110 e. The third-order valence-electron chi connectivity index (χ3n) is 3.44. The van der Waals surface area contributed by atoms with Gasteiger partial charge in [0.15, 0.2) is 0 Å². The zero-order chi connectivity index (χ0) is 11.1. The van der Waals surface area contributed by atoms with Gasteiger partial charge in [0.25, 0.3) is 0 Å². The largest absolute Gasteiger partial charge is 0.305 e. The molecular formula is C12H27N3. The zero-order valence-electron chi connectivity index (χ0n) is 10.7. The van der Waals surface area contributed by atoms with Gasteiger partial charge in [-0.05, 0) is 39.6 Å². The highest BCUT2D eigenvalue weighted by Gasteiger charge is 2.12. The summed E-state index contributed by atoms with van der Waals surface area (Å²) in [6, 6.07) is 0. The second-order valence-corrected chi connectivity index (χ2v) is 4.53. The van der Waals surface area contributed by atoms with Crippen LogP contribution in [-0.4, -0.2) is 74.1 Å². The van der Waals surface area contributed by atoms with Crippen LogP contribution in [0.1, 0.15) is 20.3 Å². The third kappa shape index (κ3) is 4.96. The van der Waals surface area contributed by atoms with Crippen LogP contribution >= 0.6 is 0 Å². The summed E-state index contributed by atoms with van der Waals surface area (Å²) in [7, 11) is 2.23. The predicted octanol–water partition coefficient (Wildman–Crippen LogP) is 0.966. The van der Waals surface area contributed by atoms with E-state index in [0.29, 0.717) is 0 Å². The van der Waals surface area contributed by atoms with E-state index in [1.807, 2.05) is 0 Å². The molecule has 0 aromatic rings. The lowest BCUT2D eigenvalue weighted by Crippen LogP contribution is -2.37. The molecule has 0 N–H and O–H groups in total. The highest BCUT2D eigenvalue weighted by Crippen LogP contribution is 2.01. The molecule has 1 heterocycles. The summed E-state index contributed by atoms with van der Waals surface area (Å²) in [6.45, 7) is 14.4. The Kier molecular flexibility index (Phi) is 6.22. The summed E-state index contributed by atoms with van der Waals surface area (Å²) in [4.78, 5) is 7.56. The molecule has 0 aromatic heterocycles. The van der Waals surface area contributed by atoms with Crippen molar-refractivity contribution in [2.24, 2.45) is 0 Å². The fourth-order valence-electron chi connectivity index (χ4n) is 2.15. The molecule has 0 atom stereocenters. The van der Waals surface area contributed by atoms with Crippen LogP contribution < -0.4 is 0 Å². The molecule has 1 saturated heterocycles. The lowest BCUT2D eigenvalue weighted by atomic mass is 10.3. The van der Waals surface area contributed by atoms with Crippen LogP contribution in [0.15, 0.2) is 0 Å². The molecule has 0 radical (unpaired) electrons. The summed E-state index contributed by atoms with van der Waals surface area (Å²) in [5, 5.41) is 0. The lowest BCUT2D eigenvalue weighted by molar-refractivity contribution is 0.217. The third-order valence-corrected chi connectivity index (χ3v) is 3.44. The molecule has 1 aliphatic rings. The van der Waals surface area contributed by atoms with E-state index in [-0.39, 0.29) is 0 Å². The first-order valence-electron chi connectivity index (χ1n) is 6.39. The summed E-state index contributed by atoms with van der Waals surface area (Å²) in [6.07, 6.45) is 1.33. The highest BCUT2D eigenvalue weighted by molar-refractivity contribution is 4.68. The Balaban J connectivity index is 2.19. The van der Waals surface area contributed by atoms with Crippen molar-refractivity contribution in [2.75, 3.05) is 59.4 Å². The second kappa shape index (κ2) is 7.20. The molecule has 0 amide bonds. The number of likely N-dealkylation sites (N-methyl/N-ethyl adjacent to an activating group) is 2. The number of nitrogens with zero attached hydrogens (tertiary/aromatic N) is 3. The van der Waals surface area contributed by atoms with Gasteiger partial charge in [0.1, 0.15) is 0 Å². The summed E-state index contributed by atoms with van der Waals surface area (Å²) in [5.41, 5.74) is 0. The van der Waals surface area contributed by atoms with Crippen LogP contribution in [0.3, 0.4) is 0 Å². The van der Waals surface area contributed by atoms with Gasteiger partial charge in [-0.25, -0.2) is 0 Å². The van der Waals surface area contributed by atoms with Crippen molar-refractivity contribution in [3.05, 3.63) is 0 Å². The second-order valence-electron chi connectivity index (χ2n) is 4.53. The molecular weight excluding hydrogens is 186 g/mol. The van der Waals surface area contributed by atoms with Crippen LogP contribution in [0.5, 0.6) is 0 Å². The Labute approximate surface area is 95.0 Å². The lowest BCUT2D eigenvalue weighted by Gasteiger charge is -2.24. The molecule has 15 heavy (non-hydrogen) atoms. The minimum absolute atomic E-state index is 1.18. The molecule has 1 aliphatic heterocycles. The normalized spacial score (nSPS) is 20.8. The topological polar surface area (TPSA) is 9.72 Å². The van der Waals surface area contributed by atoms with Gasteiger partial charge >= 0.3 is 0 Å². The molecule has 0 aromatic carbocycles. The molecule has 0 spiro atoms. The van der Waals surface area contributed by atoms with Crippen molar-refractivity contribution >= 4 is 0 Å². The minimum atomic E-state index is 1.18. The Hall–Kier alpha value is -0.120. The van der Waals surface area contributed by atoms with Gasteiger partial charge in [0, 0.05) is 26.2 Å². The maximum atomic E-state index is 2.61. The van der Waals surface area contributed by atoms with Crippen molar-refractivity contribution in [3.8, 4) is 0 Å². The SMILES string of the molecule is CCN(CC)CCN1CCCN(C)CC1. The standard InChI is InChI=1S/C12H27N3/c1-4-14(5-2)11-12-15-8-6-7-13(3)9-10-15/h4-12H2,1-3H3. The molecule has 0 saturated carbocycles. The van der Waals surface area contributed by atoms with Crippen molar-refractivity contribution < 1.29 is 0 Å². The van der Waals surface area contributed by atoms with E-state index in [4.69, 9.17) is 0 Å². The number of hydrogen-bond acceptors (Lipinski definition) is 3. The maximum absolute atomic E-state index is 2.61. The van der Waals surface area contributed by atoms with Gasteiger partial charge < -0.3 is 14.7 Å². The van der Waals surface area contributed by atoms with Crippen molar-refractivity contribution in [3.63, 3.8) is 0 Å². The van der Waals surface area contributed by atoms with E-state index in [9.17, 15) is 0 Å². The van der Waals surface area contributed by atoms with E-state index in [1.54, 1.807) is 0 Å².